The van der Waals surface area contributed by atoms with E-state index in [4.69, 9.17) is 9.72 Å². The van der Waals surface area contributed by atoms with Crippen LogP contribution in [0.1, 0.15) is 41.4 Å². The molecule has 3 aromatic heterocycles. The molecule has 4 heterocycles. The Morgan fingerprint density at radius 3 is 2.91 bits per heavy atom. The minimum Gasteiger partial charge on any atom is -0.497 e. The molecule has 1 atom stereocenters. The normalized spacial score (nSPS) is 16.7. The van der Waals surface area contributed by atoms with E-state index in [2.05, 4.69) is 55.7 Å². The van der Waals surface area contributed by atoms with Crippen molar-refractivity contribution in [2.45, 2.75) is 38.8 Å². The molecule has 0 radical (unpaired) electrons. The van der Waals surface area contributed by atoms with E-state index in [0.29, 0.717) is 12.5 Å². The van der Waals surface area contributed by atoms with Crippen LogP contribution in [0, 0.1) is 6.92 Å². The summed E-state index contributed by atoms with van der Waals surface area (Å²) < 4.78 is 5.38. The number of piperidine rings is 1. The largest absolute Gasteiger partial charge is 0.497 e. The first-order valence-corrected chi connectivity index (χ1v) is 11.5. The number of likely N-dealkylation sites (tertiary alicyclic amines) is 1. The van der Waals surface area contributed by atoms with Crippen LogP contribution in [0.5, 0.6) is 5.75 Å². The minimum absolute atomic E-state index is 0.421. The maximum Gasteiger partial charge on any atom is 0.157 e. The lowest BCUT2D eigenvalue weighted by Crippen LogP contribution is -2.34. The van der Waals surface area contributed by atoms with E-state index in [-0.39, 0.29) is 0 Å². The SMILES string of the molecule is COc1cccc(CN2CCC[C@@H](c3ccc4c(NCc5cccc(C)n5)n[nH]c4n3)C2)c1. The van der Waals surface area contributed by atoms with Gasteiger partial charge in [-0.05, 0) is 68.3 Å². The molecule has 1 saturated heterocycles. The lowest BCUT2D eigenvalue weighted by molar-refractivity contribution is 0.198. The topological polar surface area (TPSA) is 79.0 Å². The van der Waals surface area contributed by atoms with Gasteiger partial charge in [-0.3, -0.25) is 15.0 Å². The van der Waals surface area contributed by atoms with Crippen molar-refractivity contribution in [1.29, 1.82) is 0 Å². The maximum absolute atomic E-state index is 5.38. The van der Waals surface area contributed by atoms with Gasteiger partial charge in [-0.2, -0.15) is 5.10 Å². The fourth-order valence-corrected chi connectivity index (χ4v) is 4.62. The highest BCUT2D eigenvalue weighted by atomic mass is 16.5. The Labute approximate surface area is 194 Å². The van der Waals surface area contributed by atoms with Crippen molar-refractivity contribution in [3.05, 3.63) is 77.2 Å². The number of rotatable bonds is 7. The van der Waals surface area contributed by atoms with Gasteiger partial charge in [0.2, 0.25) is 0 Å². The van der Waals surface area contributed by atoms with Crippen LogP contribution in [0.4, 0.5) is 5.82 Å². The highest BCUT2D eigenvalue weighted by molar-refractivity contribution is 5.87. The van der Waals surface area contributed by atoms with Gasteiger partial charge < -0.3 is 10.1 Å². The summed E-state index contributed by atoms with van der Waals surface area (Å²) in [5.41, 5.74) is 5.26. The third-order valence-corrected chi connectivity index (χ3v) is 6.29. The number of fused-ring (bicyclic) bond motifs is 1. The summed E-state index contributed by atoms with van der Waals surface area (Å²) in [6, 6.07) is 18.7. The average Bonchev–Trinajstić information content (AvgIpc) is 3.25. The molecule has 1 fully saturated rings. The van der Waals surface area contributed by atoms with Gasteiger partial charge >= 0.3 is 0 Å². The van der Waals surface area contributed by atoms with Gasteiger partial charge in [-0.1, -0.05) is 18.2 Å². The molecule has 7 heteroatoms. The Balaban J connectivity index is 1.26. The van der Waals surface area contributed by atoms with Gasteiger partial charge in [0.05, 0.1) is 24.7 Å². The number of pyridine rings is 2. The van der Waals surface area contributed by atoms with Gasteiger partial charge in [0.1, 0.15) is 5.75 Å². The number of anilines is 1. The third-order valence-electron chi connectivity index (χ3n) is 6.29. The highest BCUT2D eigenvalue weighted by Crippen LogP contribution is 2.29. The Hall–Kier alpha value is -3.45. The molecule has 0 spiro atoms. The number of H-pyrrole nitrogens is 1. The number of aromatic nitrogens is 4. The van der Waals surface area contributed by atoms with Gasteiger partial charge in [0, 0.05) is 30.4 Å². The van der Waals surface area contributed by atoms with E-state index < -0.39 is 0 Å². The first kappa shape index (κ1) is 21.4. The van der Waals surface area contributed by atoms with Crippen LogP contribution < -0.4 is 10.1 Å². The first-order valence-electron chi connectivity index (χ1n) is 11.5. The van der Waals surface area contributed by atoms with Crippen molar-refractivity contribution in [3.8, 4) is 5.75 Å². The van der Waals surface area contributed by atoms with E-state index >= 15 is 0 Å². The predicted octanol–water partition coefficient (Wildman–Crippen LogP) is 4.66. The van der Waals surface area contributed by atoms with Crippen LogP contribution in [0.3, 0.4) is 0 Å². The standard InChI is InChI=1S/C26H30N6O/c1-18-6-3-9-21(28-18)15-27-25-23-11-12-24(29-26(23)31-30-25)20-8-5-13-32(17-20)16-19-7-4-10-22(14-19)33-2/h3-4,6-7,9-12,14,20H,5,8,13,15-17H2,1-2H3,(H2,27,29,30,31)/t20-/m1/s1. The molecule has 0 saturated carbocycles. The van der Waals surface area contributed by atoms with Crippen LogP contribution in [0.2, 0.25) is 0 Å². The van der Waals surface area contributed by atoms with Gasteiger partial charge in [-0.15, -0.1) is 0 Å². The third kappa shape index (κ3) is 4.98. The monoisotopic (exact) mass is 442 g/mol. The summed E-state index contributed by atoms with van der Waals surface area (Å²) in [6.07, 6.45) is 2.33. The number of methoxy groups -OCH3 is 1. The molecule has 7 nitrogen and oxygen atoms in total. The van der Waals surface area contributed by atoms with Crippen molar-refractivity contribution in [3.63, 3.8) is 0 Å². The first-order chi connectivity index (χ1) is 16.2. The number of nitrogens with one attached hydrogen (secondary N) is 2. The van der Waals surface area contributed by atoms with Gasteiger partial charge in [-0.25, -0.2) is 4.98 Å². The Morgan fingerprint density at radius 1 is 1.12 bits per heavy atom. The van der Waals surface area contributed by atoms with Crippen molar-refractivity contribution in [2.24, 2.45) is 0 Å². The molecule has 0 amide bonds. The zero-order chi connectivity index (χ0) is 22.6. The second kappa shape index (κ2) is 9.58. The Kier molecular flexibility index (Phi) is 6.21. The number of aryl methyl sites for hydroxylation is 1. The lowest BCUT2D eigenvalue weighted by atomic mass is 9.93. The van der Waals surface area contributed by atoms with Gasteiger partial charge in [0.15, 0.2) is 11.5 Å². The van der Waals surface area contributed by atoms with Crippen LogP contribution in [0.25, 0.3) is 11.0 Å². The van der Waals surface area contributed by atoms with Crippen LogP contribution in [-0.2, 0) is 13.1 Å². The quantitative estimate of drug-likeness (QED) is 0.433. The van der Waals surface area contributed by atoms with Crippen molar-refractivity contribution >= 4 is 16.9 Å². The molecule has 0 bridgehead atoms. The molecule has 1 aliphatic rings. The zero-order valence-corrected chi connectivity index (χ0v) is 19.2. The number of hydrogen-bond acceptors (Lipinski definition) is 6. The van der Waals surface area contributed by atoms with E-state index in [1.54, 1.807) is 7.11 Å². The summed E-state index contributed by atoms with van der Waals surface area (Å²) >= 11 is 0. The van der Waals surface area contributed by atoms with Crippen LogP contribution in [0.15, 0.2) is 54.6 Å². The molecule has 0 aliphatic carbocycles. The smallest absolute Gasteiger partial charge is 0.157 e. The summed E-state index contributed by atoms with van der Waals surface area (Å²) in [7, 11) is 1.72. The van der Waals surface area contributed by atoms with E-state index in [1.165, 1.54) is 12.0 Å². The zero-order valence-electron chi connectivity index (χ0n) is 19.2. The maximum atomic E-state index is 5.38. The summed E-state index contributed by atoms with van der Waals surface area (Å²) in [5.74, 6) is 2.15. The Morgan fingerprint density at radius 2 is 2.03 bits per heavy atom. The molecule has 33 heavy (non-hydrogen) atoms. The molecular formula is C26H30N6O. The van der Waals surface area contributed by atoms with E-state index in [0.717, 1.165) is 65.7 Å². The molecule has 0 unspecified atom stereocenters. The van der Waals surface area contributed by atoms with Crippen LogP contribution >= 0.6 is 0 Å². The molecule has 1 aromatic carbocycles. The number of benzene rings is 1. The molecule has 4 aromatic rings. The molecule has 1 aliphatic heterocycles. The summed E-state index contributed by atoms with van der Waals surface area (Å²) in [6.45, 7) is 5.68. The number of hydrogen-bond donors (Lipinski definition) is 2. The number of nitrogens with zero attached hydrogens (tertiary/aromatic N) is 4. The number of aromatic amines is 1. The summed E-state index contributed by atoms with van der Waals surface area (Å²) in [5, 5.41) is 12.0. The molecule has 170 valence electrons. The Bertz CT molecular complexity index is 1240. The van der Waals surface area contributed by atoms with Crippen molar-refractivity contribution in [1.82, 2.24) is 25.1 Å². The number of ether oxygens (including phenoxy) is 1. The fourth-order valence-electron chi connectivity index (χ4n) is 4.62. The minimum atomic E-state index is 0.421. The highest BCUT2D eigenvalue weighted by Gasteiger charge is 2.23. The average molecular weight is 443 g/mol. The second-order valence-corrected chi connectivity index (χ2v) is 8.75. The summed E-state index contributed by atoms with van der Waals surface area (Å²) in [4.78, 5) is 12.0. The van der Waals surface area contributed by atoms with Crippen molar-refractivity contribution < 1.29 is 4.74 Å². The lowest BCUT2D eigenvalue weighted by Gasteiger charge is -2.32. The van der Waals surface area contributed by atoms with Crippen LogP contribution in [-0.4, -0.2) is 45.3 Å². The van der Waals surface area contributed by atoms with E-state index in [1.807, 2.05) is 31.2 Å². The van der Waals surface area contributed by atoms with Gasteiger partial charge in [0.25, 0.3) is 0 Å². The molecule has 2 N–H and O–H groups in total. The fraction of sp³-hybridized carbons (Fsp3) is 0.346. The van der Waals surface area contributed by atoms with Crippen molar-refractivity contribution in [2.75, 3.05) is 25.5 Å². The second-order valence-electron chi connectivity index (χ2n) is 8.75. The molecular weight excluding hydrogens is 412 g/mol. The van der Waals surface area contributed by atoms with E-state index in [9.17, 15) is 0 Å². The predicted molar refractivity (Wildman–Crippen MR) is 130 cm³/mol. The molecule has 5 rings (SSSR count).